The Morgan fingerprint density at radius 1 is 0.927 bits per heavy atom. The van der Waals surface area contributed by atoms with E-state index in [4.69, 9.17) is 21.1 Å². The normalized spacial score (nSPS) is 25.8. The molecule has 0 spiro atoms. The van der Waals surface area contributed by atoms with Gasteiger partial charge in [0.15, 0.2) is 5.82 Å². The molecule has 4 fully saturated rings. The van der Waals surface area contributed by atoms with E-state index in [0.29, 0.717) is 53.3 Å². The maximum absolute atomic E-state index is 16.7. The van der Waals surface area contributed by atoms with Crippen molar-refractivity contribution in [2.45, 2.75) is 50.0 Å². The Labute approximate surface area is 237 Å². The Balaban J connectivity index is 1.32. The Hall–Kier alpha value is -3.87. The van der Waals surface area contributed by atoms with E-state index in [0.717, 1.165) is 44.2 Å². The molecule has 4 aliphatic rings. The molecule has 2 unspecified atom stereocenters. The fourth-order valence-corrected chi connectivity index (χ4v) is 7.36. The summed E-state index contributed by atoms with van der Waals surface area (Å²) in [7, 11) is 2.19. The number of halogens is 2. The van der Waals surface area contributed by atoms with Crippen LogP contribution in [0.25, 0.3) is 32.9 Å². The van der Waals surface area contributed by atoms with E-state index >= 15 is 4.39 Å². The van der Waals surface area contributed by atoms with Gasteiger partial charge in [-0.1, -0.05) is 30.2 Å². The van der Waals surface area contributed by atoms with Gasteiger partial charge in [-0.25, -0.2) is 13.8 Å². The number of hydrogen-bond donors (Lipinski definition) is 0. The molecule has 8 rings (SSSR count). The summed E-state index contributed by atoms with van der Waals surface area (Å²) >= 11 is 0. The van der Waals surface area contributed by atoms with Gasteiger partial charge in [-0.05, 0) is 44.2 Å². The van der Waals surface area contributed by atoms with Crippen LogP contribution in [0.5, 0.6) is 0 Å². The molecule has 0 N–H and O–H groups in total. The minimum atomic E-state index is -0.555. The zero-order valence-electron chi connectivity index (χ0n) is 22.9. The highest BCUT2D eigenvalue weighted by atomic mass is 19.1. The lowest BCUT2D eigenvalue weighted by atomic mass is 9.96. The van der Waals surface area contributed by atoms with Gasteiger partial charge in [-0.15, -0.1) is 6.42 Å². The Morgan fingerprint density at radius 3 is 2.41 bits per heavy atom. The van der Waals surface area contributed by atoms with Gasteiger partial charge in [-0.2, -0.15) is 4.98 Å². The standard InChI is InChI=1S/C32H30F2N6O/c1-3-23-26(33)12-7-18-5-4-6-24(27(18)23)29-28(34)30-25(13-35-29)31(39-16-21-10-11-22(17-39)41-21)37-32(36-30)40-14-19-8-9-20(15-40)38(19)2/h1,4-7,12-13,19-22H,8-11,14-17H2,2H3/t19?,20?,21-,22+. The molecule has 4 aliphatic heterocycles. The first kappa shape index (κ1) is 24.9. The van der Waals surface area contributed by atoms with Crippen LogP contribution in [-0.2, 0) is 4.74 Å². The number of benzene rings is 2. The molecule has 7 nitrogen and oxygen atoms in total. The quantitative estimate of drug-likeness (QED) is 0.340. The maximum Gasteiger partial charge on any atom is 0.228 e. The number of rotatable bonds is 3. The second-order valence-electron chi connectivity index (χ2n) is 11.8. The van der Waals surface area contributed by atoms with Gasteiger partial charge in [0.1, 0.15) is 22.8 Å². The molecule has 41 heavy (non-hydrogen) atoms. The van der Waals surface area contributed by atoms with Gasteiger partial charge in [0, 0.05) is 55.4 Å². The molecule has 6 heterocycles. The molecule has 0 radical (unpaired) electrons. The van der Waals surface area contributed by atoms with Crippen molar-refractivity contribution in [3.63, 3.8) is 0 Å². The van der Waals surface area contributed by atoms with Crippen molar-refractivity contribution in [2.24, 2.45) is 0 Å². The summed E-state index contributed by atoms with van der Waals surface area (Å²) in [5.74, 6) is 2.62. The van der Waals surface area contributed by atoms with Gasteiger partial charge in [0.25, 0.3) is 0 Å². The molecular formula is C32H30F2N6O. The second kappa shape index (κ2) is 9.33. The van der Waals surface area contributed by atoms with E-state index in [-0.39, 0.29) is 29.0 Å². The minimum absolute atomic E-state index is 0.0974. The lowest BCUT2D eigenvalue weighted by molar-refractivity contribution is 0.0303. The van der Waals surface area contributed by atoms with Gasteiger partial charge in [0.2, 0.25) is 5.95 Å². The van der Waals surface area contributed by atoms with Crippen LogP contribution in [0, 0.1) is 24.0 Å². The number of ether oxygens (including phenoxy) is 1. The molecule has 4 aromatic rings. The van der Waals surface area contributed by atoms with E-state index in [1.54, 1.807) is 18.3 Å². The first-order valence-electron chi connectivity index (χ1n) is 14.4. The number of terminal acetylenes is 1. The number of aromatic nitrogens is 3. The maximum atomic E-state index is 16.7. The molecule has 4 saturated heterocycles. The van der Waals surface area contributed by atoms with Crippen molar-refractivity contribution in [3.8, 4) is 23.6 Å². The van der Waals surface area contributed by atoms with Crippen molar-refractivity contribution in [3.05, 3.63) is 53.7 Å². The molecule has 0 saturated carbocycles. The van der Waals surface area contributed by atoms with Crippen molar-refractivity contribution < 1.29 is 13.5 Å². The number of piperazine rings is 1. The minimum Gasteiger partial charge on any atom is -0.371 e. The van der Waals surface area contributed by atoms with Crippen LogP contribution >= 0.6 is 0 Å². The number of likely N-dealkylation sites (N-methyl/N-ethyl adjacent to an activating group) is 1. The molecule has 0 amide bonds. The lowest BCUT2D eigenvalue weighted by Gasteiger charge is -2.39. The van der Waals surface area contributed by atoms with Crippen LogP contribution in [0.15, 0.2) is 36.5 Å². The van der Waals surface area contributed by atoms with Crippen molar-refractivity contribution >= 4 is 33.4 Å². The van der Waals surface area contributed by atoms with Crippen LogP contribution in [0.3, 0.4) is 0 Å². The van der Waals surface area contributed by atoms with Crippen molar-refractivity contribution in [1.82, 2.24) is 19.9 Å². The summed E-state index contributed by atoms with van der Waals surface area (Å²) in [6.45, 7) is 3.01. The number of fused-ring (bicyclic) bond motifs is 6. The number of pyridine rings is 1. The van der Waals surface area contributed by atoms with Crippen LogP contribution < -0.4 is 9.80 Å². The molecule has 4 bridgehead atoms. The van der Waals surface area contributed by atoms with E-state index in [2.05, 4.69) is 32.7 Å². The zero-order chi connectivity index (χ0) is 27.8. The lowest BCUT2D eigenvalue weighted by Crippen LogP contribution is -2.52. The number of hydrogen-bond acceptors (Lipinski definition) is 7. The molecular weight excluding hydrogens is 522 g/mol. The third-order valence-corrected chi connectivity index (χ3v) is 9.52. The van der Waals surface area contributed by atoms with E-state index in [1.165, 1.54) is 6.07 Å². The van der Waals surface area contributed by atoms with Gasteiger partial charge in [0.05, 0.1) is 23.2 Å². The van der Waals surface area contributed by atoms with Crippen LogP contribution in [-0.4, -0.2) is 77.4 Å². The smallest absolute Gasteiger partial charge is 0.228 e. The zero-order valence-corrected chi connectivity index (χ0v) is 22.9. The average Bonchev–Trinajstić information content (AvgIpc) is 3.40. The fraction of sp³-hybridized carbons (Fsp3) is 0.406. The first-order chi connectivity index (χ1) is 20.0. The second-order valence-corrected chi connectivity index (χ2v) is 11.8. The largest absolute Gasteiger partial charge is 0.371 e. The molecule has 0 aliphatic carbocycles. The first-order valence-corrected chi connectivity index (χ1v) is 14.4. The highest BCUT2D eigenvalue weighted by Crippen LogP contribution is 2.39. The third-order valence-electron chi connectivity index (χ3n) is 9.52. The predicted molar refractivity (Wildman–Crippen MR) is 155 cm³/mol. The summed E-state index contributed by atoms with van der Waals surface area (Å²) in [4.78, 5) is 21.4. The summed E-state index contributed by atoms with van der Waals surface area (Å²) in [5.41, 5.74) is 0.857. The third kappa shape index (κ3) is 3.88. The molecule has 4 atom stereocenters. The Kier molecular flexibility index (Phi) is 5.66. The van der Waals surface area contributed by atoms with E-state index in [1.807, 2.05) is 12.1 Å². The van der Waals surface area contributed by atoms with Crippen LogP contribution in [0.2, 0.25) is 0 Å². The topological polar surface area (TPSA) is 57.6 Å². The van der Waals surface area contributed by atoms with Crippen LogP contribution in [0.4, 0.5) is 20.5 Å². The number of anilines is 2. The summed E-state index contributed by atoms with van der Waals surface area (Å²) in [6, 6.07) is 9.24. The summed E-state index contributed by atoms with van der Waals surface area (Å²) in [6.07, 6.45) is 12.0. The fourth-order valence-electron chi connectivity index (χ4n) is 7.36. The summed E-state index contributed by atoms with van der Waals surface area (Å²) < 4.78 is 37.6. The molecule has 2 aromatic carbocycles. The van der Waals surface area contributed by atoms with Gasteiger partial charge in [-0.3, -0.25) is 9.88 Å². The number of morpholine rings is 1. The molecule has 9 heteroatoms. The van der Waals surface area contributed by atoms with E-state index in [9.17, 15) is 4.39 Å². The highest BCUT2D eigenvalue weighted by molar-refractivity contribution is 6.02. The Morgan fingerprint density at radius 2 is 1.68 bits per heavy atom. The van der Waals surface area contributed by atoms with E-state index < -0.39 is 11.6 Å². The molecule has 208 valence electrons. The SMILES string of the molecule is C#Cc1c(F)ccc2cccc(-c3ncc4c(N5C[C@H]6CC[C@@H](C5)O6)nc(N5CC6CCC(C5)N6C)nc4c3F)c12. The highest BCUT2D eigenvalue weighted by Gasteiger charge is 2.40. The Bertz CT molecular complexity index is 1730. The monoisotopic (exact) mass is 552 g/mol. The predicted octanol–water partition coefficient (Wildman–Crippen LogP) is 4.75. The van der Waals surface area contributed by atoms with Gasteiger partial charge < -0.3 is 14.5 Å². The molecule has 2 aromatic heterocycles. The van der Waals surface area contributed by atoms with Crippen molar-refractivity contribution in [1.29, 1.82) is 0 Å². The summed E-state index contributed by atoms with van der Waals surface area (Å²) in [5, 5.41) is 1.76. The van der Waals surface area contributed by atoms with Gasteiger partial charge >= 0.3 is 0 Å². The average molecular weight is 553 g/mol. The van der Waals surface area contributed by atoms with Crippen molar-refractivity contribution in [2.75, 3.05) is 43.0 Å². The number of nitrogens with zero attached hydrogens (tertiary/aromatic N) is 6. The van der Waals surface area contributed by atoms with Crippen LogP contribution in [0.1, 0.15) is 31.2 Å².